The molecule has 3 unspecified atom stereocenters. The summed E-state index contributed by atoms with van der Waals surface area (Å²) >= 11 is 1.89. The molecule has 1 aliphatic heterocycles. The van der Waals surface area contributed by atoms with E-state index in [1.54, 1.807) is 0 Å². The van der Waals surface area contributed by atoms with E-state index in [1.807, 2.05) is 22.6 Å². The summed E-state index contributed by atoms with van der Waals surface area (Å²) in [6.45, 7) is -0.826. The zero-order valence-corrected chi connectivity index (χ0v) is 20.3. The molecule has 2 aromatic heterocycles. The molecule has 1 aliphatic rings. The number of aromatic nitrogens is 3. The highest BCUT2D eigenvalue weighted by Gasteiger charge is 2.43. The fourth-order valence-electron chi connectivity index (χ4n) is 2.85. The van der Waals surface area contributed by atoms with E-state index in [2.05, 4.69) is 23.1 Å². The second-order valence-corrected chi connectivity index (χ2v) is 11.9. The first-order valence-electron chi connectivity index (χ1n) is 8.24. The number of hydrogen-bond acceptors (Lipinski definition) is 11. The first-order valence-corrected chi connectivity index (χ1v) is 13.8. The normalized spacial score (nSPS) is 25.6. The van der Waals surface area contributed by atoms with Crippen molar-refractivity contribution in [3.8, 4) is 0 Å². The summed E-state index contributed by atoms with van der Waals surface area (Å²) in [4.78, 5) is 54.2. The molecule has 3 rings (SSSR count). The smallest absolute Gasteiger partial charge is 0.390 e. The highest BCUT2D eigenvalue weighted by atomic mass is 127. The summed E-state index contributed by atoms with van der Waals surface area (Å²) < 4.78 is 53.0. The molecule has 32 heavy (non-hydrogen) atoms. The first-order chi connectivity index (χ1) is 14.6. The summed E-state index contributed by atoms with van der Waals surface area (Å²) in [6, 6.07) is 0. The number of aliphatic hydroxyl groups is 1. The van der Waals surface area contributed by atoms with Crippen LogP contribution in [-0.2, 0) is 31.6 Å². The molecule has 17 nitrogen and oxygen atoms in total. The minimum absolute atomic E-state index is 0.0569. The van der Waals surface area contributed by atoms with Crippen LogP contribution in [0, 0.1) is 3.57 Å². The van der Waals surface area contributed by atoms with Gasteiger partial charge in [-0.1, -0.05) is 0 Å². The molecule has 0 aliphatic carbocycles. The van der Waals surface area contributed by atoms with Gasteiger partial charge < -0.3 is 39.7 Å². The van der Waals surface area contributed by atoms with Crippen molar-refractivity contribution in [2.24, 2.45) is 0 Å². The second kappa shape index (κ2) is 9.14. The zero-order chi connectivity index (χ0) is 24.1. The topological polar surface area (TPSA) is 266 Å². The number of nitrogens with one attached hydrogen (secondary N) is 1. The van der Waals surface area contributed by atoms with Gasteiger partial charge in [-0.2, -0.15) is 13.6 Å². The number of phosphoric ester groups is 1. The summed E-state index contributed by atoms with van der Waals surface area (Å²) in [6.07, 6.45) is -1.91. The third kappa shape index (κ3) is 6.24. The Morgan fingerprint density at radius 3 is 2.53 bits per heavy atom. The standard InChI is InChI=1S/C11H16IN4O13P3/c12-4-2-16(9-8(4)10(18)15-11(13)14-9)7-1-5(17)6(27-7)3-26-31(22,23)29-32(24,25)28-30(19,20)21/h2,5-7,17H,1,3H2,(H,22,23)(H,24,25)(H2,19,20,21)(H3,13,14,15,18)/t5-,6?,7-/m1/s1. The monoisotopic (exact) mass is 632 g/mol. The number of ether oxygens (including phenoxy) is 1. The molecule has 1 fully saturated rings. The van der Waals surface area contributed by atoms with Crippen LogP contribution in [0.25, 0.3) is 11.0 Å². The lowest BCUT2D eigenvalue weighted by Gasteiger charge is -2.19. The highest BCUT2D eigenvalue weighted by molar-refractivity contribution is 14.1. The number of H-pyrrole nitrogens is 1. The maximum absolute atomic E-state index is 12.1. The average molecular weight is 632 g/mol. The van der Waals surface area contributed by atoms with Gasteiger partial charge in [-0.15, -0.1) is 0 Å². The van der Waals surface area contributed by atoms with Crippen LogP contribution in [-0.4, -0.2) is 58.0 Å². The molecule has 0 saturated carbocycles. The van der Waals surface area contributed by atoms with Gasteiger partial charge in [0.25, 0.3) is 5.56 Å². The van der Waals surface area contributed by atoms with E-state index in [9.17, 15) is 28.5 Å². The van der Waals surface area contributed by atoms with Crippen LogP contribution in [0.5, 0.6) is 0 Å². The van der Waals surface area contributed by atoms with Crippen LogP contribution in [0.1, 0.15) is 12.6 Å². The lowest BCUT2D eigenvalue weighted by molar-refractivity contribution is -0.0422. The fraction of sp³-hybridized carbons (Fsp3) is 0.455. The third-order valence-electron chi connectivity index (χ3n) is 3.99. The molecular formula is C11H16IN4O13P3. The minimum atomic E-state index is -5.67. The van der Waals surface area contributed by atoms with Gasteiger partial charge in [-0.25, -0.2) is 13.7 Å². The molecule has 21 heteroatoms. The Labute approximate surface area is 191 Å². The molecule has 0 spiro atoms. The molecule has 0 radical (unpaired) electrons. The number of phosphoric acid groups is 3. The summed E-state index contributed by atoms with van der Waals surface area (Å²) in [5.41, 5.74) is 5.25. The third-order valence-corrected chi connectivity index (χ3v) is 8.61. The van der Waals surface area contributed by atoms with Crippen LogP contribution < -0.4 is 11.3 Å². The van der Waals surface area contributed by atoms with Crippen LogP contribution in [0.2, 0.25) is 0 Å². The van der Waals surface area contributed by atoms with E-state index in [0.717, 1.165) is 0 Å². The van der Waals surface area contributed by atoms with Crippen molar-refractivity contribution in [1.82, 2.24) is 14.5 Å². The fourth-order valence-corrected chi connectivity index (χ4v) is 6.67. The highest BCUT2D eigenvalue weighted by Crippen LogP contribution is 2.66. The summed E-state index contributed by atoms with van der Waals surface area (Å²) in [7, 11) is -16.6. The van der Waals surface area contributed by atoms with Crippen LogP contribution in [0.15, 0.2) is 11.0 Å². The van der Waals surface area contributed by atoms with Crippen molar-refractivity contribution < 1.29 is 56.3 Å². The molecule has 0 amide bonds. The first kappa shape index (κ1) is 25.9. The van der Waals surface area contributed by atoms with Gasteiger partial charge in [0.2, 0.25) is 5.95 Å². The van der Waals surface area contributed by atoms with Gasteiger partial charge in [-0.3, -0.25) is 14.3 Å². The van der Waals surface area contributed by atoms with E-state index in [0.29, 0.717) is 3.57 Å². The maximum atomic E-state index is 12.1. The van der Waals surface area contributed by atoms with Gasteiger partial charge in [0.05, 0.1) is 18.1 Å². The number of anilines is 1. The number of aliphatic hydroxyl groups excluding tert-OH is 1. The predicted octanol–water partition coefficient (Wildman–Crippen LogP) is -0.0969. The number of rotatable bonds is 8. The van der Waals surface area contributed by atoms with E-state index in [4.69, 9.17) is 25.2 Å². The van der Waals surface area contributed by atoms with E-state index >= 15 is 0 Å². The van der Waals surface area contributed by atoms with Crippen molar-refractivity contribution >= 4 is 63.0 Å². The number of hydrogen-bond donors (Lipinski definition) is 7. The van der Waals surface area contributed by atoms with E-state index < -0.39 is 54.1 Å². The predicted molar refractivity (Wildman–Crippen MR) is 112 cm³/mol. The van der Waals surface area contributed by atoms with Crippen molar-refractivity contribution in [2.75, 3.05) is 12.3 Å². The van der Waals surface area contributed by atoms with E-state index in [-0.39, 0.29) is 23.4 Å². The Bertz CT molecular complexity index is 1230. The Balaban J connectivity index is 1.71. The Hall–Kier alpha value is -0.720. The van der Waals surface area contributed by atoms with Crippen LogP contribution in [0.3, 0.4) is 0 Å². The molecule has 3 heterocycles. The number of halogens is 1. The van der Waals surface area contributed by atoms with E-state index in [1.165, 1.54) is 10.8 Å². The largest absolute Gasteiger partial charge is 0.490 e. The maximum Gasteiger partial charge on any atom is 0.490 e. The van der Waals surface area contributed by atoms with Crippen molar-refractivity contribution in [2.45, 2.75) is 24.9 Å². The molecule has 0 aromatic carbocycles. The van der Waals surface area contributed by atoms with Crippen molar-refractivity contribution in [3.63, 3.8) is 0 Å². The SMILES string of the molecule is Nc1nc2c(c(I)cn2[C@H]2C[C@@H](O)C(COP(=O)(O)OP(=O)(O)OP(=O)(O)O)O2)c(=O)[nH]1. The molecular weight excluding hydrogens is 616 g/mol. The van der Waals surface area contributed by atoms with Gasteiger partial charge in [0, 0.05) is 16.2 Å². The molecule has 2 aromatic rings. The number of fused-ring (bicyclic) bond motifs is 1. The zero-order valence-electron chi connectivity index (χ0n) is 15.4. The molecule has 180 valence electrons. The summed E-state index contributed by atoms with van der Waals surface area (Å²) in [5.74, 6) is -0.152. The van der Waals surface area contributed by atoms with Gasteiger partial charge >= 0.3 is 23.5 Å². The lowest BCUT2D eigenvalue weighted by atomic mass is 10.2. The quantitative estimate of drug-likeness (QED) is 0.148. The number of nitrogens with two attached hydrogens (primary N) is 1. The van der Waals surface area contributed by atoms with Gasteiger partial charge in [-0.05, 0) is 22.6 Å². The molecule has 8 N–H and O–H groups in total. The number of nitrogens with zero attached hydrogens (tertiary/aromatic N) is 2. The lowest BCUT2D eigenvalue weighted by Crippen LogP contribution is -2.26. The molecule has 0 bridgehead atoms. The Morgan fingerprint density at radius 1 is 1.25 bits per heavy atom. The Morgan fingerprint density at radius 2 is 1.91 bits per heavy atom. The Kier molecular flexibility index (Phi) is 7.40. The second-order valence-electron chi connectivity index (χ2n) is 6.35. The number of nitrogen functional groups attached to an aromatic ring is 1. The number of aromatic amines is 1. The van der Waals surface area contributed by atoms with Gasteiger partial charge in [0.15, 0.2) is 5.65 Å². The van der Waals surface area contributed by atoms with Crippen LogP contribution in [0.4, 0.5) is 5.95 Å². The minimum Gasteiger partial charge on any atom is -0.390 e. The average Bonchev–Trinajstić information content (AvgIpc) is 3.09. The molecule has 1 saturated heterocycles. The van der Waals surface area contributed by atoms with Crippen molar-refractivity contribution in [3.05, 3.63) is 20.1 Å². The summed E-state index contributed by atoms with van der Waals surface area (Å²) in [5, 5.41) is 10.4. The van der Waals surface area contributed by atoms with Gasteiger partial charge in [0.1, 0.15) is 12.3 Å². The molecule has 5 atom stereocenters. The van der Waals surface area contributed by atoms with Crippen LogP contribution >= 0.6 is 46.1 Å². The van der Waals surface area contributed by atoms with Crippen molar-refractivity contribution in [1.29, 1.82) is 0 Å².